The van der Waals surface area contributed by atoms with Crippen molar-refractivity contribution in [2.45, 2.75) is 64.3 Å². The number of hydrogen-bond acceptors (Lipinski definition) is 2. The van der Waals surface area contributed by atoms with E-state index in [4.69, 9.17) is 5.73 Å². The van der Waals surface area contributed by atoms with Gasteiger partial charge in [-0.2, -0.15) is 0 Å². The average molecular weight is 252 g/mol. The summed E-state index contributed by atoms with van der Waals surface area (Å²) in [6.07, 6.45) is 9.75. The summed E-state index contributed by atoms with van der Waals surface area (Å²) in [7, 11) is 0. The van der Waals surface area contributed by atoms with Crippen LogP contribution < -0.4 is 5.73 Å². The summed E-state index contributed by atoms with van der Waals surface area (Å²) in [4.78, 5) is 14.7. The molecule has 1 aliphatic heterocycles. The van der Waals surface area contributed by atoms with Gasteiger partial charge in [0.25, 0.3) is 0 Å². The van der Waals surface area contributed by atoms with Gasteiger partial charge in [0.1, 0.15) is 0 Å². The van der Waals surface area contributed by atoms with Gasteiger partial charge < -0.3 is 10.6 Å². The second-order valence-electron chi connectivity index (χ2n) is 6.22. The monoisotopic (exact) mass is 252 g/mol. The van der Waals surface area contributed by atoms with E-state index in [9.17, 15) is 4.79 Å². The SMILES string of the molecule is CC1CC(CN)CN1C(=O)C1CCCCCCC1. The Morgan fingerprint density at radius 2 is 1.78 bits per heavy atom. The molecule has 2 aliphatic rings. The van der Waals surface area contributed by atoms with E-state index in [0.717, 1.165) is 32.4 Å². The number of rotatable bonds is 2. The summed E-state index contributed by atoms with van der Waals surface area (Å²) in [6.45, 7) is 3.79. The van der Waals surface area contributed by atoms with Gasteiger partial charge >= 0.3 is 0 Å². The molecule has 0 aromatic rings. The lowest BCUT2D eigenvalue weighted by molar-refractivity contribution is -0.136. The molecule has 1 saturated heterocycles. The molecule has 104 valence electrons. The summed E-state index contributed by atoms with van der Waals surface area (Å²) in [6, 6.07) is 0.400. The van der Waals surface area contributed by atoms with E-state index in [2.05, 4.69) is 11.8 Å². The Hall–Kier alpha value is -0.570. The molecule has 18 heavy (non-hydrogen) atoms. The minimum absolute atomic E-state index is 0.296. The third-order valence-corrected chi connectivity index (χ3v) is 4.73. The molecule has 2 fully saturated rings. The number of likely N-dealkylation sites (tertiary alicyclic amines) is 1. The largest absolute Gasteiger partial charge is 0.339 e. The molecule has 0 aromatic heterocycles. The van der Waals surface area contributed by atoms with Crippen molar-refractivity contribution in [2.75, 3.05) is 13.1 Å². The van der Waals surface area contributed by atoms with Gasteiger partial charge in [-0.25, -0.2) is 0 Å². The molecule has 0 spiro atoms. The molecule has 2 unspecified atom stereocenters. The van der Waals surface area contributed by atoms with E-state index < -0.39 is 0 Å². The van der Waals surface area contributed by atoms with Crippen LogP contribution in [0.5, 0.6) is 0 Å². The Labute approximate surface area is 111 Å². The third kappa shape index (κ3) is 3.25. The molecule has 3 nitrogen and oxygen atoms in total. The van der Waals surface area contributed by atoms with Crippen LogP contribution >= 0.6 is 0 Å². The van der Waals surface area contributed by atoms with Gasteiger partial charge in [0.05, 0.1) is 0 Å². The molecule has 0 radical (unpaired) electrons. The maximum atomic E-state index is 12.6. The number of amides is 1. The Kier molecular flexibility index (Phi) is 5.04. The number of carbonyl (C=O) groups excluding carboxylic acids is 1. The van der Waals surface area contributed by atoms with Crippen LogP contribution in [0, 0.1) is 11.8 Å². The Bertz CT molecular complexity index is 272. The van der Waals surface area contributed by atoms with E-state index in [1.807, 2.05) is 0 Å². The molecule has 0 bridgehead atoms. The summed E-state index contributed by atoms with van der Waals surface area (Å²) < 4.78 is 0. The quantitative estimate of drug-likeness (QED) is 0.821. The van der Waals surface area contributed by atoms with Crippen molar-refractivity contribution in [2.24, 2.45) is 17.6 Å². The van der Waals surface area contributed by atoms with Gasteiger partial charge in [0.15, 0.2) is 0 Å². The van der Waals surface area contributed by atoms with Gasteiger partial charge in [-0.1, -0.05) is 32.1 Å². The lowest BCUT2D eigenvalue weighted by Crippen LogP contribution is -2.39. The summed E-state index contributed by atoms with van der Waals surface area (Å²) in [5.41, 5.74) is 5.74. The van der Waals surface area contributed by atoms with E-state index in [0.29, 0.717) is 23.8 Å². The van der Waals surface area contributed by atoms with Crippen molar-refractivity contribution in [1.82, 2.24) is 4.90 Å². The van der Waals surface area contributed by atoms with E-state index in [1.54, 1.807) is 0 Å². The van der Waals surface area contributed by atoms with Crippen LogP contribution in [0.2, 0.25) is 0 Å². The van der Waals surface area contributed by atoms with Crippen LogP contribution in [0.25, 0.3) is 0 Å². The van der Waals surface area contributed by atoms with Gasteiger partial charge in [-0.15, -0.1) is 0 Å². The highest BCUT2D eigenvalue weighted by molar-refractivity contribution is 5.79. The van der Waals surface area contributed by atoms with Crippen molar-refractivity contribution in [3.8, 4) is 0 Å². The third-order valence-electron chi connectivity index (χ3n) is 4.73. The topological polar surface area (TPSA) is 46.3 Å². The van der Waals surface area contributed by atoms with Crippen LogP contribution in [0.1, 0.15) is 58.3 Å². The first kappa shape index (κ1) is 13.9. The van der Waals surface area contributed by atoms with Crippen molar-refractivity contribution >= 4 is 5.91 Å². The highest BCUT2D eigenvalue weighted by atomic mass is 16.2. The van der Waals surface area contributed by atoms with Gasteiger partial charge in [-0.3, -0.25) is 4.79 Å². The maximum Gasteiger partial charge on any atom is 0.225 e. The Morgan fingerprint density at radius 3 is 2.33 bits per heavy atom. The first-order valence-electron chi connectivity index (χ1n) is 7.73. The molecule has 3 heteroatoms. The maximum absolute atomic E-state index is 12.6. The highest BCUT2D eigenvalue weighted by Gasteiger charge is 2.34. The Balaban J connectivity index is 1.92. The Morgan fingerprint density at radius 1 is 1.17 bits per heavy atom. The van der Waals surface area contributed by atoms with Crippen molar-refractivity contribution < 1.29 is 4.79 Å². The van der Waals surface area contributed by atoms with Gasteiger partial charge in [0, 0.05) is 18.5 Å². The average Bonchev–Trinajstić information content (AvgIpc) is 2.69. The second kappa shape index (κ2) is 6.55. The fraction of sp³-hybridized carbons (Fsp3) is 0.933. The van der Waals surface area contributed by atoms with Crippen molar-refractivity contribution in [1.29, 1.82) is 0 Å². The molecular formula is C15H28N2O. The molecular weight excluding hydrogens is 224 g/mol. The highest BCUT2D eigenvalue weighted by Crippen LogP contribution is 2.29. The fourth-order valence-corrected chi connectivity index (χ4v) is 3.56. The van der Waals surface area contributed by atoms with Crippen LogP contribution in [0.4, 0.5) is 0 Å². The molecule has 1 amide bonds. The first-order valence-corrected chi connectivity index (χ1v) is 7.73. The number of nitrogens with two attached hydrogens (primary N) is 1. The number of carbonyl (C=O) groups is 1. The minimum Gasteiger partial charge on any atom is -0.339 e. The van der Waals surface area contributed by atoms with Crippen LogP contribution in [0.15, 0.2) is 0 Å². The number of hydrogen-bond donors (Lipinski definition) is 1. The standard InChI is InChI=1S/C15H28N2O/c1-12-9-13(10-16)11-17(12)15(18)14-7-5-3-2-4-6-8-14/h12-14H,2-11,16H2,1H3. The summed E-state index contributed by atoms with van der Waals surface area (Å²) in [5.74, 6) is 1.24. The lowest BCUT2D eigenvalue weighted by atomic mass is 9.90. The normalized spacial score (nSPS) is 31.1. The van der Waals surface area contributed by atoms with Crippen LogP contribution in [0.3, 0.4) is 0 Å². The van der Waals surface area contributed by atoms with Crippen LogP contribution in [-0.2, 0) is 4.79 Å². The predicted octanol–water partition coefficient (Wildman–Crippen LogP) is 2.54. The summed E-state index contributed by atoms with van der Waals surface area (Å²) >= 11 is 0. The zero-order valence-electron chi connectivity index (χ0n) is 11.7. The zero-order chi connectivity index (χ0) is 13.0. The molecule has 2 atom stereocenters. The molecule has 2 N–H and O–H groups in total. The molecule has 0 aromatic carbocycles. The van der Waals surface area contributed by atoms with E-state index >= 15 is 0 Å². The van der Waals surface area contributed by atoms with Crippen molar-refractivity contribution in [3.05, 3.63) is 0 Å². The van der Waals surface area contributed by atoms with E-state index in [1.165, 1.54) is 32.1 Å². The van der Waals surface area contributed by atoms with Gasteiger partial charge in [0.2, 0.25) is 5.91 Å². The molecule has 1 aliphatic carbocycles. The summed E-state index contributed by atoms with van der Waals surface area (Å²) in [5, 5.41) is 0. The van der Waals surface area contributed by atoms with E-state index in [-0.39, 0.29) is 0 Å². The predicted molar refractivity (Wildman–Crippen MR) is 74.1 cm³/mol. The van der Waals surface area contributed by atoms with Gasteiger partial charge in [-0.05, 0) is 38.6 Å². The zero-order valence-corrected chi connectivity index (χ0v) is 11.7. The first-order chi connectivity index (χ1) is 8.72. The lowest BCUT2D eigenvalue weighted by Gasteiger charge is -2.28. The molecule has 1 heterocycles. The van der Waals surface area contributed by atoms with Crippen molar-refractivity contribution in [3.63, 3.8) is 0 Å². The molecule has 2 rings (SSSR count). The second-order valence-corrected chi connectivity index (χ2v) is 6.22. The smallest absolute Gasteiger partial charge is 0.225 e. The van der Waals surface area contributed by atoms with Crippen LogP contribution in [-0.4, -0.2) is 29.9 Å². The minimum atomic E-state index is 0.296. The number of nitrogens with zero attached hydrogens (tertiary/aromatic N) is 1. The fourth-order valence-electron chi connectivity index (χ4n) is 3.56. The molecule has 1 saturated carbocycles.